The first kappa shape index (κ1) is 13.5. The molecule has 0 aliphatic carbocycles. The third-order valence-corrected chi connectivity index (χ3v) is 3.70. The lowest BCUT2D eigenvalue weighted by molar-refractivity contribution is 0.684. The molecule has 0 amide bonds. The van der Waals surface area contributed by atoms with Crippen LogP contribution >= 0.6 is 0 Å². The van der Waals surface area contributed by atoms with E-state index >= 15 is 0 Å². The molecule has 1 atom stereocenters. The molecule has 0 radical (unpaired) electrons. The Labute approximate surface area is 104 Å². The van der Waals surface area contributed by atoms with Crippen LogP contribution in [0.1, 0.15) is 12.5 Å². The van der Waals surface area contributed by atoms with Gasteiger partial charge in [-0.25, -0.2) is 0 Å². The smallest absolute Gasteiger partial charge is 0.0670 e. The van der Waals surface area contributed by atoms with Crippen molar-refractivity contribution in [3.8, 4) is 6.07 Å². The Balaban J connectivity index is 2.57. The molecule has 0 bridgehead atoms. The number of rotatable bonds is 6. The van der Waals surface area contributed by atoms with Crippen LogP contribution in [0, 0.1) is 11.3 Å². The van der Waals surface area contributed by atoms with Gasteiger partial charge in [0.1, 0.15) is 0 Å². The highest BCUT2D eigenvalue weighted by Gasteiger charge is 2.01. The summed E-state index contributed by atoms with van der Waals surface area (Å²) < 4.78 is 11.2. The van der Waals surface area contributed by atoms with Gasteiger partial charge in [-0.1, -0.05) is 6.92 Å². The molecule has 0 aliphatic heterocycles. The van der Waals surface area contributed by atoms with Crippen LogP contribution in [-0.2, 0) is 17.2 Å². The average Bonchev–Trinajstić information content (AvgIpc) is 2.33. The number of nitrogen functional groups attached to an aromatic ring is 1. The van der Waals surface area contributed by atoms with Gasteiger partial charge in [-0.15, -0.1) is 0 Å². The van der Waals surface area contributed by atoms with Gasteiger partial charge in [0.15, 0.2) is 0 Å². The largest absolute Gasteiger partial charge is 0.398 e. The number of nitrogens with one attached hydrogen (secondary N) is 1. The number of nitrogens with two attached hydrogens (primary N) is 1. The van der Waals surface area contributed by atoms with E-state index in [-0.39, 0.29) is 0 Å². The first-order valence-electron chi connectivity index (χ1n) is 5.51. The maximum atomic E-state index is 11.2. The molecule has 0 saturated heterocycles. The Hall–Kier alpha value is -1.54. The quantitative estimate of drug-likeness (QED) is 0.751. The zero-order valence-corrected chi connectivity index (χ0v) is 10.7. The summed E-state index contributed by atoms with van der Waals surface area (Å²) in [6, 6.07) is 7.60. The molecule has 4 nitrogen and oxygen atoms in total. The van der Waals surface area contributed by atoms with Gasteiger partial charge in [-0.3, -0.25) is 4.21 Å². The fourth-order valence-corrected chi connectivity index (χ4v) is 2.03. The first-order chi connectivity index (χ1) is 8.17. The molecular weight excluding hydrogens is 234 g/mol. The molecule has 0 saturated carbocycles. The number of nitrogens with zero attached hydrogens (tertiary/aromatic N) is 1. The zero-order valence-electron chi connectivity index (χ0n) is 9.90. The number of hydrogen-bond donors (Lipinski definition) is 2. The van der Waals surface area contributed by atoms with Crippen LogP contribution in [0.3, 0.4) is 0 Å². The second-order valence-electron chi connectivity index (χ2n) is 3.61. The monoisotopic (exact) mass is 251 g/mol. The van der Waals surface area contributed by atoms with Crippen molar-refractivity contribution in [2.24, 2.45) is 0 Å². The lowest BCUT2D eigenvalue weighted by Gasteiger charge is -2.08. The van der Waals surface area contributed by atoms with E-state index in [0.717, 1.165) is 11.3 Å². The third kappa shape index (κ3) is 4.45. The summed E-state index contributed by atoms with van der Waals surface area (Å²) in [6.45, 7) is 2.57. The van der Waals surface area contributed by atoms with Crippen molar-refractivity contribution in [1.29, 1.82) is 5.26 Å². The van der Waals surface area contributed by atoms with E-state index in [1.165, 1.54) is 0 Å². The van der Waals surface area contributed by atoms with Gasteiger partial charge in [0.05, 0.1) is 12.5 Å². The van der Waals surface area contributed by atoms with E-state index in [1.54, 1.807) is 6.07 Å². The van der Waals surface area contributed by atoms with E-state index < -0.39 is 10.8 Å². The Kier molecular flexibility index (Phi) is 5.50. The summed E-state index contributed by atoms with van der Waals surface area (Å²) in [5.74, 6) is 1.32. The molecule has 0 spiro atoms. The average molecular weight is 251 g/mol. The second kappa shape index (κ2) is 6.92. The highest BCUT2D eigenvalue weighted by molar-refractivity contribution is 7.84. The van der Waals surface area contributed by atoms with E-state index in [0.29, 0.717) is 30.2 Å². The number of anilines is 2. The molecule has 92 valence electrons. The standard InChI is InChI=1S/C12H17N3OS/c1-2-17(16)8-7-15-11-3-4-12(14)10(9-11)5-6-13/h3-4,9,15H,2,5,7-8,14H2,1H3. The van der Waals surface area contributed by atoms with Gasteiger partial charge in [0.2, 0.25) is 0 Å². The van der Waals surface area contributed by atoms with Crippen molar-refractivity contribution in [1.82, 2.24) is 0 Å². The minimum Gasteiger partial charge on any atom is -0.398 e. The molecule has 1 rings (SSSR count). The number of hydrogen-bond acceptors (Lipinski definition) is 4. The molecule has 1 unspecified atom stereocenters. The predicted octanol–water partition coefficient (Wildman–Crippen LogP) is 1.52. The Morgan fingerprint density at radius 2 is 2.29 bits per heavy atom. The molecule has 5 heteroatoms. The highest BCUT2D eigenvalue weighted by Crippen LogP contribution is 2.17. The Morgan fingerprint density at radius 3 is 2.94 bits per heavy atom. The summed E-state index contributed by atoms with van der Waals surface area (Å²) in [6.07, 6.45) is 0.308. The minimum atomic E-state index is -0.753. The molecule has 3 N–H and O–H groups in total. The molecule has 0 fully saturated rings. The van der Waals surface area contributed by atoms with Gasteiger partial charge in [-0.2, -0.15) is 5.26 Å². The molecule has 17 heavy (non-hydrogen) atoms. The van der Waals surface area contributed by atoms with Crippen LogP contribution in [-0.4, -0.2) is 22.3 Å². The number of nitriles is 1. The fourth-order valence-electron chi connectivity index (χ4n) is 1.41. The maximum Gasteiger partial charge on any atom is 0.0670 e. The third-order valence-electron chi connectivity index (χ3n) is 2.39. The van der Waals surface area contributed by atoms with Crippen LogP contribution in [0.4, 0.5) is 11.4 Å². The molecule has 0 aromatic heterocycles. The van der Waals surface area contributed by atoms with E-state index in [9.17, 15) is 4.21 Å². The van der Waals surface area contributed by atoms with E-state index in [4.69, 9.17) is 11.0 Å². The Bertz CT molecular complexity index is 440. The fraction of sp³-hybridized carbons (Fsp3) is 0.417. The number of benzene rings is 1. The summed E-state index contributed by atoms with van der Waals surface area (Å²) >= 11 is 0. The van der Waals surface area contributed by atoms with Gasteiger partial charge in [-0.05, 0) is 23.8 Å². The highest BCUT2D eigenvalue weighted by atomic mass is 32.2. The van der Waals surface area contributed by atoms with Gasteiger partial charge >= 0.3 is 0 Å². The van der Waals surface area contributed by atoms with Crippen molar-refractivity contribution in [3.63, 3.8) is 0 Å². The van der Waals surface area contributed by atoms with Crippen molar-refractivity contribution in [2.45, 2.75) is 13.3 Å². The van der Waals surface area contributed by atoms with Crippen LogP contribution < -0.4 is 11.1 Å². The summed E-state index contributed by atoms with van der Waals surface area (Å²) in [5, 5.41) is 11.8. The second-order valence-corrected chi connectivity index (χ2v) is 5.47. The zero-order chi connectivity index (χ0) is 12.7. The topological polar surface area (TPSA) is 78.9 Å². The van der Waals surface area contributed by atoms with Crippen LogP contribution in [0.5, 0.6) is 0 Å². The van der Waals surface area contributed by atoms with Crippen molar-refractivity contribution in [3.05, 3.63) is 23.8 Å². The first-order valence-corrected chi connectivity index (χ1v) is 7.00. The van der Waals surface area contributed by atoms with Gasteiger partial charge < -0.3 is 11.1 Å². The van der Waals surface area contributed by atoms with Crippen molar-refractivity contribution >= 4 is 22.2 Å². The van der Waals surface area contributed by atoms with Crippen LogP contribution in [0.15, 0.2) is 18.2 Å². The molecule has 0 heterocycles. The minimum absolute atomic E-state index is 0.308. The Morgan fingerprint density at radius 1 is 1.53 bits per heavy atom. The molecule has 0 aliphatic rings. The lowest BCUT2D eigenvalue weighted by atomic mass is 10.1. The van der Waals surface area contributed by atoms with Crippen molar-refractivity contribution in [2.75, 3.05) is 29.1 Å². The summed E-state index contributed by atoms with van der Waals surface area (Å²) in [4.78, 5) is 0. The van der Waals surface area contributed by atoms with Crippen LogP contribution in [0.25, 0.3) is 0 Å². The summed E-state index contributed by atoms with van der Waals surface area (Å²) in [5.41, 5.74) is 8.12. The van der Waals surface area contributed by atoms with Gasteiger partial charge in [0.25, 0.3) is 0 Å². The van der Waals surface area contributed by atoms with Crippen LogP contribution in [0.2, 0.25) is 0 Å². The molecule has 1 aromatic rings. The SMILES string of the molecule is CCS(=O)CCNc1ccc(N)c(CC#N)c1. The molecule has 1 aromatic carbocycles. The van der Waals surface area contributed by atoms with Gasteiger partial charge in [0, 0.05) is 40.2 Å². The van der Waals surface area contributed by atoms with E-state index in [1.807, 2.05) is 19.1 Å². The summed E-state index contributed by atoms with van der Waals surface area (Å²) in [7, 11) is -0.753. The maximum absolute atomic E-state index is 11.2. The van der Waals surface area contributed by atoms with Crippen molar-refractivity contribution < 1.29 is 4.21 Å². The molecular formula is C12H17N3OS. The van der Waals surface area contributed by atoms with E-state index in [2.05, 4.69) is 11.4 Å². The normalized spacial score (nSPS) is 11.8. The lowest BCUT2D eigenvalue weighted by Crippen LogP contribution is -2.12. The predicted molar refractivity (Wildman–Crippen MR) is 72.2 cm³/mol.